The van der Waals surface area contributed by atoms with E-state index in [2.05, 4.69) is 55.5 Å². The molecule has 0 amide bonds. The van der Waals surface area contributed by atoms with E-state index >= 15 is 0 Å². The highest BCUT2D eigenvalue weighted by Gasteiger charge is 2.10. The molecule has 0 fully saturated rings. The second-order valence-corrected chi connectivity index (χ2v) is 10.8. The summed E-state index contributed by atoms with van der Waals surface area (Å²) in [6.45, 7) is 4.83. The van der Waals surface area contributed by atoms with E-state index in [4.69, 9.17) is 14.2 Å². The van der Waals surface area contributed by atoms with Gasteiger partial charge in [-0.2, -0.15) is 0 Å². The standard InChI is InChI=1S/C35H56O3/c1-3-4-5-6-7-8-9-10-11-12-13-14-15-16-17-21-28-37-31-35(30-36-2)38-29-32-24-26-34(27-25-32)33-22-19-18-20-23-33/h18-20,22-27,35H,3-17,21,28-31H2,1-2H3/t35-/m0/s1. The monoisotopic (exact) mass is 524 g/mol. The number of hydrogen-bond donors (Lipinski definition) is 0. The van der Waals surface area contributed by atoms with E-state index in [0.29, 0.717) is 19.8 Å². The van der Waals surface area contributed by atoms with Crippen molar-refractivity contribution in [1.82, 2.24) is 0 Å². The van der Waals surface area contributed by atoms with Crippen LogP contribution in [0.15, 0.2) is 54.6 Å². The van der Waals surface area contributed by atoms with Crippen LogP contribution in [0.3, 0.4) is 0 Å². The lowest BCUT2D eigenvalue weighted by Gasteiger charge is -2.17. The molecule has 38 heavy (non-hydrogen) atoms. The maximum Gasteiger partial charge on any atom is 0.105 e. The Morgan fingerprint density at radius 3 is 1.58 bits per heavy atom. The zero-order valence-electron chi connectivity index (χ0n) is 24.6. The fourth-order valence-corrected chi connectivity index (χ4v) is 4.94. The molecular weight excluding hydrogens is 468 g/mol. The number of rotatable bonds is 25. The predicted octanol–water partition coefficient (Wildman–Crippen LogP) is 10.2. The summed E-state index contributed by atoms with van der Waals surface area (Å²) in [5.74, 6) is 0. The van der Waals surface area contributed by atoms with Gasteiger partial charge in [0.15, 0.2) is 0 Å². The van der Waals surface area contributed by atoms with Crippen molar-refractivity contribution in [3.8, 4) is 11.1 Å². The summed E-state index contributed by atoms with van der Waals surface area (Å²) in [7, 11) is 1.72. The number of methoxy groups -OCH3 is 1. The molecular formula is C35H56O3. The maximum absolute atomic E-state index is 6.10. The van der Waals surface area contributed by atoms with E-state index in [0.717, 1.165) is 13.0 Å². The summed E-state index contributed by atoms with van der Waals surface area (Å²) in [6, 6.07) is 19.1. The summed E-state index contributed by atoms with van der Waals surface area (Å²) >= 11 is 0. The smallest absolute Gasteiger partial charge is 0.105 e. The Kier molecular flexibility index (Phi) is 19.9. The van der Waals surface area contributed by atoms with Gasteiger partial charge in [0.1, 0.15) is 6.10 Å². The van der Waals surface area contributed by atoms with Gasteiger partial charge in [-0.3, -0.25) is 0 Å². The van der Waals surface area contributed by atoms with Crippen molar-refractivity contribution >= 4 is 0 Å². The molecule has 0 saturated carbocycles. The molecule has 3 nitrogen and oxygen atoms in total. The van der Waals surface area contributed by atoms with Crippen LogP contribution in [0.5, 0.6) is 0 Å². The van der Waals surface area contributed by atoms with Gasteiger partial charge in [0.05, 0.1) is 19.8 Å². The first-order valence-electron chi connectivity index (χ1n) is 15.7. The third kappa shape index (κ3) is 16.3. The van der Waals surface area contributed by atoms with E-state index < -0.39 is 0 Å². The molecule has 0 N–H and O–H groups in total. The Balaban J connectivity index is 1.41. The van der Waals surface area contributed by atoms with Crippen LogP contribution in [-0.2, 0) is 20.8 Å². The summed E-state index contributed by atoms with van der Waals surface area (Å²) < 4.78 is 17.4. The number of unbranched alkanes of at least 4 members (excludes halogenated alkanes) is 15. The molecule has 0 saturated heterocycles. The quantitative estimate of drug-likeness (QED) is 0.121. The molecule has 0 aliphatic rings. The Morgan fingerprint density at radius 1 is 0.553 bits per heavy atom. The highest BCUT2D eigenvalue weighted by Crippen LogP contribution is 2.20. The van der Waals surface area contributed by atoms with E-state index in [1.807, 2.05) is 6.07 Å². The molecule has 2 aromatic rings. The largest absolute Gasteiger partial charge is 0.382 e. The van der Waals surface area contributed by atoms with Crippen LogP contribution in [0.4, 0.5) is 0 Å². The minimum atomic E-state index is -0.0325. The first kappa shape index (κ1) is 32.5. The molecule has 2 aromatic carbocycles. The molecule has 0 aliphatic heterocycles. The number of ether oxygens (including phenoxy) is 3. The number of hydrogen-bond acceptors (Lipinski definition) is 3. The van der Waals surface area contributed by atoms with E-state index in [9.17, 15) is 0 Å². The van der Waals surface area contributed by atoms with Gasteiger partial charge in [0.25, 0.3) is 0 Å². The van der Waals surface area contributed by atoms with Crippen LogP contribution < -0.4 is 0 Å². The van der Waals surface area contributed by atoms with Crippen LogP contribution in [0.25, 0.3) is 11.1 Å². The molecule has 0 unspecified atom stereocenters. The lowest BCUT2D eigenvalue weighted by molar-refractivity contribution is -0.0587. The second kappa shape index (κ2) is 23.2. The highest BCUT2D eigenvalue weighted by atomic mass is 16.6. The van der Waals surface area contributed by atoms with Gasteiger partial charge in [-0.15, -0.1) is 0 Å². The lowest BCUT2D eigenvalue weighted by Crippen LogP contribution is -2.25. The van der Waals surface area contributed by atoms with Gasteiger partial charge in [0, 0.05) is 13.7 Å². The van der Waals surface area contributed by atoms with Gasteiger partial charge >= 0.3 is 0 Å². The van der Waals surface area contributed by atoms with Crippen molar-refractivity contribution in [3.63, 3.8) is 0 Å². The minimum absolute atomic E-state index is 0.0325. The Bertz CT molecular complexity index is 759. The van der Waals surface area contributed by atoms with Crippen molar-refractivity contribution < 1.29 is 14.2 Å². The molecule has 0 aliphatic carbocycles. The van der Waals surface area contributed by atoms with E-state index in [-0.39, 0.29) is 6.10 Å². The Labute approximate surface area is 234 Å². The SMILES string of the molecule is CCCCCCCCCCCCCCCCCCOC[C@H](COC)OCc1ccc(-c2ccccc2)cc1. The van der Waals surface area contributed by atoms with Crippen LogP contribution in [0.2, 0.25) is 0 Å². The first-order chi connectivity index (χ1) is 18.8. The molecule has 1 atom stereocenters. The minimum Gasteiger partial charge on any atom is -0.382 e. The van der Waals surface area contributed by atoms with Gasteiger partial charge in [-0.05, 0) is 23.1 Å². The Morgan fingerprint density at radius 2 is 1.05 bits per heavy atom. The van der Waals surface area contributed by atoms with Gasteiger partial charge < -0.3 is 14.2 Å². The van der Waals surface area contributed by atoms with E-state index in [1.54, 1.807) is 7.11 Å². The summed E-state index contributed by atoms with van der Waals surface area (Å²) in [5, 5.41) is 0. The van der Waals surface area contributed by atoms with Crippen LogP contribution >= 0.6 is 0 Å². The summed E-state index contributed by atoms with van der Waals surface area (Å²) in [6.07, 6.45) is 22.2. The van der Waals surface area contributed by atoms with Crippen molar-refractivity contribution in [2.75, 3.05) is 26.9 Å². The molecule has 0 heterocycles. The fourth-order valence-electron chi connectivity index (χ4n) is 4.94. The molecule has 0 aromatic heterocycles. The maximum atomic E-state index is 6.10. The van der Waals surface area contributed by atoms with Crippen LogP contribution in [0, 0.1) is 0 Å². The van der Waals surface area contributed by atoms with Crippen LogP contribution in [0.1, 0.15) is 115 Å². The second-order valence-electron chi connectivity index (χ2n) is 10.8. The zero-order valence-corrected chi connectivity index (χ0v) is 24.6. The predicted molar refractivity (Wildman–Crippen MR) is 163 cm³/mol. The topological polar surface area (TPSA) is 27.7 Å². The normalized spacial score (nSPS) is 12.2. The third-order valence-electron chi connectivity index (χ3n) is 7.35. The first-order valence-corrected chi connectivity index (χ1v) is 15.7. The molecule has 0 bridgehead atoms. The van der Waals surface area contributed by atoms with Crippen molar-refractivity contribution in [1.29, 1.82) is 0 Å². The van der Waals surface area contributed by atoms with E-state index in [1.165, 1.54) is 113 Å². The summed E-state index contributed by atoms with van der Waals surface area (Å²) in [5.41, 5.74) is 3.63. The fraction of sp³-hybridized carbons (Fsp3) is 0.657. The van der Waals surface area contributed by atoms with Gasteiger partial charge in [-0.25, -0.2) is 0 Å². The Hall–Kier alpha value is -1.68. The highest BCUT2D eigenvalue weighted by molar-refractivity contribution is 5.63. The lowest BCUT2D eigenvalue weighted by atomic mass is 10.0. The molecule has 0 spiro atoms. The van der Waals surface area contributed by atoms with Crippen molar-refractivity contribution in [2.45, 2.75) is 122 Å². The molecule has 3 heteroatoms. The average molecular weight is 525 g/mol. The van der Waals surface area contributed by atoms with Crippen molar-refractivity contribution in [3.05, 3.63) is 60.2 Å². The molecule has 214 valence electrons. The van der Waals surface area contributed by atoms with Gasteiger partial charge in [0.2, 0.25) is 0 Å². The molecule has 2 rings (SSSR count). The molecule has 0 radical (unpaired) electrons. The average Bonchev–Trinajstić information content (AvgIpc) is 2.96. The third-order valence-corrected chi connectivity index (χ3v) is 7.35. The summed E-state index contributed by atoms with van der Waals surface area (Å²) in [4.78, 5) is 0. The zero-order chi connectivity index (χ0) is 26.9. The van der Waals surface area contributed by atoms with Gasteiger partial charge in [-0.1, -0.05) is 158 Å². The van der Waals surface area contributed by atoms with Crippen LogP contribution in [-0.4, -0.2) is 33.0 Å². The number of benzene rings is 2. The van der Waals surface area contributed by atoms with Crippen molar-refractivity contribution in [2.24, 2.45) is 0 Å².